The summed E-state index contributed by atoms with van der Waals surface area (Å²) in [5.74, 6) is 2.36. The number of sulfonamides is 1. The smallest absolute Gasteiger partial charge is 0.247 e. The second-order valence-corrected chi connectivity index (χ2v) is 10.0. The minimum Gasteiger partial charge on any atom is -0.494 e. The first-order valence-electron chi connectivity index (χ1n) is 11.8. The Morgan fingerprint density at radius 3 is 2.29 bits per heavy atom. The summed E-state index contributed by atoms with van der Waals surface area (Å²) in [6, 6.07) is 6.92. The van der Waals surface area contributed by atoms with Crippen molar-refractivity contribution in [3.8, 4) is 11.5 Å². The quantitative estimate of drug-likeness (QED) is 0.549. The van der Waals surface area contributed by atoms with Gasteiger partial charge in [-0.25, -0.2) is 13.4 Å². The van der Waals surface area contributed by atoms with Crippen molar-refractivity contribution in [1.29, 1.82) is 0 Å². The molecule has 3 heterocycles. The van der Waals surface area contributed by atoms with Crippen LogP contribution >= 0.6 is 0 Å². The van der Waals surface area contributed by atoms with Gasteiger partial charge in [-0.05, 0) is 32.9 Å². The zero-order chi connectivity index (χ0) is 24.1. The Morgan fingerprint density at radius 2 is 1.62 bits per heavy atom. The Morgan fingerprint density at radius 1 is 0.912 bits per heavy atom. The molecule has 2 aromatic rings. The van der Waals surface area contributed by atoms with Gasteiger partial charge in [0, 0.05) is 57.1 Å². The number of benzene rings is 1. The molecule has 11 heteroatoms. The number of aromatic nitrogens is 2. The van der Waals surface area contributed by atoms with Crippen molar-refractivity contribution in [3.05, 3.63) is 30.0 Å². The van der Waals surface area contributed by atoms with E-state index >= 15 is 0 Å². The average molecular weight is 492 g/mol. The number of nitrogens with zero attached hydrogens (tertiary/aromatic N) is 5. The van der Waals surface area contributed by atoms with Crippen LogP contribution in [0.15, 0.2) is 29.2 Å². The van der Waals surface area contributed by atoms with Crippen molar-refractivity contribution in [1.82, 2.24) is 14.3 Å². The van der Waals surface area contributed by atoms with Gasteiger partial charge < -0.3 is 24.0 Å². The van der Waals surface area contributed by atoms with Gasteiger partial charge in [-0.2, -0.15) is 9.29 Å². The van der Waals surface area contributed by atoms with Gasteiger partial charge in [0.15, 0.2) is 0 Å². The number of hydrogen-bond donors (Lipinski definition) is 0. The molecule has 186 valence electrons. The van der Waals surface area contributed by atoms with E-state index in [4.69, 9.17) is 19.2 Å². The van der Waals surface area contributed by atoms with Crippen molar-refractivity contribution in [2.45, 2.75) is 25.7 Å². The van der Waals surface area contributed by atoms with Crippen LogP contribution in [0.4, 0.5) is 11.8 Å². The van der Waals surface area contributed by atoms with Gasteiger partial charge in [0.2, 0.25) is 16.0 Å². The van der Waals surface area contributed by atoms with Crippen molar-refractivity contribution >= 4 is 21.8 Å². The third-order valence-electron chi connectivity index (χ3n) is 5.83. The number of ether oxygens (including phenoxy) is 3. The highest BCUT2D eigenvalue weighted by Gasteiger charge is 2.32. The molecule has 0 bridgehead atoms. The van der Waals surface area contributed by atoms with Gasteiger partial charge in [0.25, 0.3) is 0 Å². The molecular formula is C23H33N5O5S. The molecule has 0 aliphatic carbocycles. The molecule has 2 aliphatic rings. The fourth-order valence-corrected chi connectivity index (χ4v) is 5.69. The van der Waals surface area contributed by atoms with E-state index in [2.05, 4.69) is 9.88 Å². The lowest BCUT2D eigenvalue weighted by molar-refractivity contribution is 0.122. The SMILES string of the molecule is CCOc1ccc(OCC)c(S(=O)(=O)N2CCN(c3nc(C)cc(N4CCOCC4)n3)CC2)c1. The number of rotatable bonds is 8. The Balaban J connectivity index is 1.50. The van der Waals surface area contributed by atoms with Gasteiger partial charge in [0.1, 0.15) is 22.2 Å². The predicted octanol–water partition coefficient (Wildman–Crippen LogP) is 1.93. The molecule has 0 amide bonds. The summed E-state index contributed by atoms with van der Waals surface area (Å²) in [4.78, 5) is 13.8. The largest absolute Gasteiger partial charge is 0.494 e. The fourth-order valence-electron chi connectivity index (χ4n) is 4.12. The minimum absolute atomic E-state index is 0.134. The van der Waals surface area contributed by atoms with Crippen molar-refractivity contribution in [2.75, 3.05) is 75.5 Å². The topological polar surface area (TPSA) is 97.3 Å². The maximum absolute atomic E-state index is 13.5. The Labute approximate surface area is 201 Å². The lowest BCUT2D eigenvalue weighted by atomic mass is 10.3. The molecule has 1 aromatic heterocycles. The van der Waals surface area contributed by atoms with Crippen LogP contribution in [0.3, 0.4) is 0 Å². The van der Waals surface area contributed by atoms with Crippen LogP contribution in [0.5, 0.6) is 11.5 Å². The number of piperazine rings is 1. The standard InChI is InChI=1S/C23H33N5O5S/c1-4-32-19-6-7-20(33-5-2)21(17-19)34(29,30)28-10-8-27(9-11-28)23-24-18(3)16-22(25-23)26-12-14-31-15-13-26/h6-7,16-17H,4-5,8-15H2,1-3H3. The number of morpholine rings is 1. The lowest BCUT2D eigenvalue weighted by Crippen LogP contribution is -2.49. The van der Waals surface area contributed by atoms with E-state index in [0.717, 1.165) is 24.6 Å². The summed E-state index contributed by atoms with van der Waals surface area (Å²) in [6.07, 6.45) is 0. The van der Waals surface area contributed by atoms with Crippen LogP contribution in [-0.4, -0.2) is 88.4 Å². The average Bonchev–Trinajstić information content (AvgIpc) is 2.85. The molecule has 1 aromatic carbocycles. The first-order valence-corrected chi connectivity index (χ1v) is 13.2. The molecular weight excluding hydrogens is 458 g/mol. The predicted molar refractivity (Wildman–Crippen MR) is 130 cm³/mol. The highest BCUT2D eigenvalue weighted by molar-refractivity contribution is 7.89. The highest BCUT2D eigenvalue weighted by Crippen LogP contribution is 2.32. The fraction of sp³-hybridized carbons (Fsp3) is 0.565. The monoisotopic (exact) mass is 491 g/mol. The third-order valence-corrected chi connectivity index (χ3v) is 7.75. The van der Waals surface area contributed by atoms with Crippen molar-refractivity contribution in [2.24, 2.45) is 0 Å². The maximum Gasteiger partial charge on any atom is 0.247 e. The Hall–Kier alpha value is -2.63. The summed E-state index contributed by atoms with van der Waals surface area (Å²) in [6.45, 7) is 11.1. The van der Waals surface area contributed by atoms with Crippen LogP contribution in [-0.2, 0) is 14.8 Å². The van der Waals surface area contributed by atoms with Gasteiger partial charge in [0.05, 0.1) is 26.4 Å². The van der Waals surface area contributed by atoms with Crippen LogP contribution < -0.4 is 19.3 Å². The second-order valence-electron chi connectivity index (χ2n) is 8.13. The number of aryl methyl sites for hydroxylation is 1. The molecule has 0 atom stereocenters. The first kappa shape index (κ1) is 24.5. The zero-order valence-electron chi connectivity index (χ0n) is 20.1. The van der Waals surface area contributed by atoms with E-state index < -0.39 is 10.0 Å². The van der Waals surface area contributed by atoms with E-state index in [-0.39, 0.29) is 4.90 Å². The van der Waals surface area contributed by atoms with E-state index in [1.807, 2.05) is 31.7 Å². The van der Waals surface area contributed by atoms with Gasteiger partial charge in [-0.1, -0.05) is 0 Å². The summed E-state index contributed by atoms with van der Waals surface area (Å²) in [5, 5.41) is 0. The van der Waals surface area contributed by atoms with Crippen molar-refractivity contribution in [3.63, 3.8) is 0 Å². The van der Waals surface area contributed by atoms with E-state index in [1.54, 1.807) is 18.2 Å². The minimum atomic E-state index is -3.76. The highest BCUT2D eigenvalue weighted by atomic mass is 32.2. The Bertz CT molecular complexity index is 1080. The van der Waals surface area contributed by atoms with Crippen LogP contribution in [0.1, 0.15) is 19.5 Å². The number of anilines is 2. The van der Waals surface area contributed by atoms with Gasteiger partial charge in [-0.3, -0.25) is 0 Å². The third kappa shape index (κ3) is 5.37. The Kier molecular flexibility index (Phi) is 7.74. The molecule has 34 heavy (non-hydrogen) atoms. The summed E-state index contributed by atoms with van der Waals surface area (Å²) < 4.78 is 45.1. The molecule has 4 rings (SSSR count). The molecule has 10 nitrogen and oxygen atoms in total. The molecule has 0 unspecified atom stereocenters. The van der Waals surface area contributed by atoms with Crippen molar-refractivity contribution < 1.29 is 22.6 Å². The second kappa shape index (κ2) is 10.7. The molecule has 2 saturated heterocycles. The van der Waals surface area contributed by atoms with Crippen LogP contribution in [0.2, 0.25) is 0 Å². The molecule has 0 N–H and O–H groups in total. The van der Waals surface area contributed by atoms with E-state index in [0.29, 0.717) is 70.1 Å². The van der Waals surface area contributed by atoms with Gasteiger partial charge in [-0.15, -0.1) is 0 Å². The summed E-state index contributed by atoms with van der Waals surface area (Å²) >= 11 is 0. The molecule has 0 spiro atoms. The normalized spacial score (nSPS) is 17.6. The maximum atomic E-state index is 13.5. The molecule has 2 fully saturated rings. The van der Waals surface area contributed by atoms with Gasteiger partial charge >= 0.3 is 0 Å². The summed E-state index contributed by atoms with van der Waals surface area (Å²) in [5.41, 5.74) is 0.885. The molecule has 0 saturated carbocycles. The van der Waals surface area contributed by atoms with Crippen LogP contribution in [0, 0.1) is 6.92 Å². The molecule has 2 aliphatic heterocycles. The first-order chi connectivity index (χ1) is 16.4. The van der Waals surface area contributed by atoms with E-state index in [1.165, 1.54) is 4.31 Å². The van der Waals surface area contributed by atoms with E-state index in [9.17, 15) is 8.42 Å². The lowest BCUT2D eigenvalue weighted by Gasteiger charge is -2.35. The zero-order valence-corrected chi connectivity index (χ0v) is 20.9. The number of hydrogen-bond acceptors (Lipinski definition) is 9. The summed E-state index contributed by atoms with van der Waals surface area (Å²) in [7, 11) is -3.76. The molecule has 0 radical (unpaired) electrons. The van der Waals surface area contributed by atoms with Crippen LogP contribution in [0.25, 0.3) is 0 Å².